The molecule has 2 N–H and O–H groups in total. The fourth-order valence-corrected chi connectivity index (χ4v) is 2.53. The van der Waals surface area contributed by atoms with Gasteiger partial charge in [-0.15, -0.1) is 11.3 Å². The van der Waals surface area contributed by atoms with Gasteiger partial charge in [0, 0.05) is 6.54 Å². The Hall–Kier alpha value is -1.92. The molecule has 2 aromatic rings. The number of carbonyl (C=O) groups is 1. The van der Waals surface area contributed by atoms with Crippen molar-refractivity contribution in [1.82, 2.24) is 10.3 Å². The maximum Gasteiger partial charge on any atom is 0.263 e. The maximum absolute atomic E-state index is 11.8. The molecule has 0 radical (unpaired) electrons. The van der Waals surface area contributed by atoms with Gasteiger partial charge >= 0.3 is 0 Å². The first kappa shape index (κ1) is 14.5. The number of aliphatic hydroxyl groups excluding tert-OH is 1. The predicted molar refractivity (Wildman–Crippen MR) is 77.0 cm³/mol. The number of rotatable bonds is 6. The summed E-state index contributed by atoms with van der Waals surface area (Å²) in [6.07, 6.45) is 0. The topological polar surface area (TPSA) is 71.5 Å². The second-order valence-corrected chi connectivity index (χ2v) is 5.19. The van der Waals surface area contributed by atoms with Gasteiger partial charge in [-0.2, -0.15) is 0 Å². The third-order valence-electron chi connectivity index (χ3n) is 2.55. The molecule has 6 heteroatoms. The third-order valence-corrected chi connectivity index (χ3v) is 3.68. The van der Waals surface area contributed by atoms with Crippen LogP contribution in [0.25, 0.3) is 0 Å². The lowest BCUT2D eigenvalue weighted by molar-refractivity contribution is 0.0948. The largest absolute Gasteiger partial charge is 0.486 e. The smallest absolute Gasteiger partial charge is 0.263 e. The van der Waals surface area contributed by atoms with Crippen molar-refractivity contribution < 1.29 is 14.6 Å². The van der Waals surface area contributed by atoms with Gasteiger partial charge in [0.15, 0.2) is 0 Å². The summed E-state index contributed by atoms with van der Waals surface area (Å²) in [5, 5.41) is 12.1. The van der Waals surface area contributed by atoms with E-state index in [-0.39, 0.29) is 19.1 Å². The zero-order chi connectivity index (χ0) is 14.4. The van der Waals surface area contributed by atoms with Gasteiger partial charge in [0.25, 0.3) is 5.91 Å². The summed E-state index contributed by atoms with van der Waals surface area (Å²) in [5.41, 5.74) is 0.678. The van der Waals surface area contributed by atoms with Gasteiger partial charge in [-0.1, -0.05) is 18.2 Å². The first-order valence-electron chi connectivity index (χ1n) is 6.24. The van der Waals surface area contributed by atoms with Gasteiger partial charge in [-0.3, -0.25) is 4.79 Å². The highest BCUT2D eigenvalue weighted by molar-refractivity contribution is 7.13. The average molecular weight is 292 g/mol. The van der Waals surface area contributed by atoms with Gasteiger partial charge in [0.1, 0.15) is 22.2 Å². The fraction of sp³-hybridized carbons (Fsp3) is 0.286. The van der Waals surface area contributed by atoms with Crippen molar-refractivity contribution >= 4 is 17.2 Å². The van der Waals surface area contributed by atoms with Crippen LogP contribution in [-0.2, 0) is 6.61 Å². The molecule has 1 aromatic carbocycles. The van der Waals surface area contributed by atoms with Crippen LogP contribution in [0.3, 0.4) is 0 Å². The fourth-order valence-electron chi connectivity index (χ4n) is 1.64. The third kappa shape index (κ3) is 3.79. The van der Waals surface area contributed by atoms with Gasteiger partial charge in [0.2, 0.25) is 0 Å². The molecule has 5 nitrogen and oxygen atoms in total. The molecular formula is C14H16N2O3S. The number of hydrogen-bond acceptors (Lipinski definition) is 5. The molecule has 106 valence electrons. The first-order chi connectivity index (χ1) is 9.70. The monoisotopic (exact) mass is 292 g/mol. The molecule has 1 amide bonds. The second-order valence-electron chi connectivity index (χ2n) is 4.10. The Labute approximate surface area is 121 Å². The zero-order valence-electron chi connectivity index (χ0n) is 11.1. The first-order valence-corrected chi connectivity index (χ1v) is 7.05. The van der Waals surface area contributed by atoms with Crippen LogP contribution < -0.4 is 10.1 Å². The van der Waals surface area contributed by atoms with Crippen molar-refractivity contribution in [1.29, 1.82) is 0 Å². The maximum atomic E-state index is 11.8. The van der Waals surface area contributed by atoms with Crippen molar-refractivity contribution in [2.75, 3.05) is 13.2 Å². The normalized spacial score (nSPS) is 10.3. The quantitative estimate of drug-likeness (QED) is 0.851. The van der Waals surface area contributed by atoms with Crippen LogP contribution in [0.2, 0.25) is 0 Å². The second kappa shape index (κ2) is 7.02. The number of thiazole rings is 1. The van der Waals surface area contributed by atoms with Crippen molar-refractivity contribution in [2.45, 2.75) is 13.5 Å². The highest BCUT2D eigenvalue weighted by atomic mass is 32.1. The lowest BCUT2D eigenvalue weighted by atomic mass is 10.3. The van der Waals surface area contributed by atoms with Crippen molar-refractivity contribution in [3.8, 4) is 5.75 Å². The molecule has 2 rings (SSSR count). The number of aryl methyl sites for hydroxylation is 1. The van der Waals surface area contributed by atoms with Crippen LogP contribution in [0.15, 0.2) is 30.3 Å². The minimum absolute atomic E-state index is 0.0758. The molecule has 20 heavy (non-hydrogen) atoms. The van der Waals surface area contributed by atoms with Crippen LogP contribution >= 0.6 is 11.3 Å². The molecule has 0 aliphatic carbocycles. The van der Waals surface area contributed by atoms with Crippen LogP contribution in [0.4, 0.5) is 0 Å². The SMILES string of the molecule is Cc1nc(COc2ccccc2)sc1C(=O)NCCO. The summed E-state index contributed by atoms with van der Waals surface area (Å²) in [7, 11) is 0. The van der Waals surface area contributed by atoms with E-state index in [2.05, 4.69) is 10.3 Å². The van der Waals surface area contributed by atoms with E-state index in [1.807, 2.05) is 30.3 Å². The molecule has 0 bridgehead atoms. The number of carbonyl (C=O) groups excluding carboxylic acids is 1. The van der Waals surface area contributed by atoms with E-state index in [1.165, 1.54) is 11.3 Å². The number of nitrogens with zero attached hydrogens (tertiary/aromatic N) is 1. The number of amides is 1. The van der Waals surface area contributed by atoms with Gasteiger partial charge < -0.3 is 15.2 Å². The highest BCUT2D eigenvalue weighted by Gasteiger charge is 2.14. The summed E-state index contributed by atoms with van der Waals surface area (Å²) < 4.78 is 5.60. The van der Waals surface area contributed by atoms with E-state index in [0.717, 1.165) is 10.8 Å². The molecule has 0 fully saturated rings. The van der Waals surface area contributed by atoms with E-state index in [1.54, 1.807) is 6.92 Å². The number of aliphatic hydroxyl groups is 1. The van der Waals surface area contributed by atoms with E-state index in [9.17, 15) is 4.79 Å². The summed E-state index contributed by atoms with van der Waals surface area (Å²) in [6, 6.07) is 9.46. The Balaban J connectivity index is 1.98. The summed E-state index contributed by atoms with van der Waals surface area (Å²) in [4.78, 5) is 16.7. The molecule has 0 aliphatic heterocycles. The molecule has 1 heterocycles. The summed E-state index contributed by atoms with van der Waals surface area (Å²) in [5.74, 6) is 0.562. The molecule has 1 aromatic heterocycles. The molecule has 0 saturated carbocycles. The van der Waals surface area contributed by atoms with Crippen LogP contribution in [-0.4, -0.2) is 29.1 Å². The van der Waals surface area contributed by atoms with Crippen LogP contribution in [0.1, 0.15) is 20.4 Å². The summed E-state index contributed by atoms with van der Waals surface area (Å²) in [6.45, 7) is 2.29. The summed E-state index contributed by atoms with van der Waals surface area (Å²) >= 11 is 1.31. The molecule has 0 unspecified atom stereocenters. The lowest BCUT2D eigenvalue weighted by Gasteiger charge is -2.02. The number of para-hydroxylation sites is 1. The predicted octanol–water partition coefficient (Wildman–Crippen LogP) is 1.75. The number of nitrogens with one attached hydrogen (secondary N) is 1. The Morgan fingerprint density at radius 1 is 1.40 bits per heavy atom. The Bertz CT molecular complexity index is 569. The van der Waals surface area contributed by atoms with Gasteiger partial charge in [0.05, 0.1) is 12.3 Å². The highest BCUT2D eigenvalue weighted by Crippen LogP contribution is 2.20. The number of benzene rings is 1. The Morgan fingerprint density at radius 2 is 2.15 bits per heavy atom. The average Bonchev–Trinajstić information content (AvgIpc) is 2.85. The zero-order valence-corrected chi connectivity index (χ0v) is 11.9. The van der Waals surface area contributed by atoms with Crippen LogP contribution in [0.5, 0.6) is 5.75 Å². The van der Waals surface area contributed by atoms with Gasteiger partial charge in [-0.25, -0.2) is 4.98 Å². The minimum Gasteiger partial charge on any atom is -0.486 e. The van der Waals surface area contributed by atoms with E-state index in [4.69, 9.17) is 9.84 Å². The molecular weight excluding hydrogens is 276 g/mol. The number of hydrogen-bond donors (Lipinski definition) is 2. The molecule has 0 saturated heterocycles. The van der Waals surface area contributed by atoms with E-state index in [0.29, 0.717) is 17.2 Å². The Kier molecular flexibility index (Phi) is 5.09. The molecule has 0 aliphatic rings. The van der Waals surface area contributed by atoms with Crippen molar-refractivity contribution in [3.63, 3.8) is 0 Å². The number of aromatic nitrogens is 1. The standard InChI is InChI=1S/C14H16N2O3S/c1-10-13(14(18)15-7-8-17)20-12(16-10)9-19-11-5-3-2-4-6-11/h2-6,17H,7-9H2,1H3,(H,15,18). The van der Waals surface area contributed by atoms with Crippen molar-refractivity contribution in [3.05, 3.63) is 45.9 Å². The number of ether oxygens (including phenoxy) is 1. The minimum atomic E-state index is -0.208. The van der Waals surface area contributed by atoms with E-state index < -0.39 is 0 Å². The molecule has 0 atom stereocenters. The Morgan fingerprint density at radius 3 is 2.85 bits per heavy atom. The van der Waals surface area contributed by atoms with Crippen LogP contribution in [0, 0.1) is 6.92 Å². The lowest BCUT2D eigenvalue weighted by Crippen LogP contribution is -2.26. The van der Waals surface area contributed by atoms with E-state index >= 15 is 0 Å². The van der Waals surface area contributed by atoms with Crippen molar-refractivity contribution in [2.24, 2.45) is 0 Å². The molecule has 0 spiro atoms. The van der Waals surface area contributed by atoms with Gasteiger partial charge in [-0.05, 0) is 19.1 Å².